The second kappa shape index (κ2) is 9.47. The quantitative estimate of drug-likeness (QED) is 0.296. The summed E-state index contributed by atoms with van der Waals surface area (Å²) in [7, 11) is 0. The van der Waals surface area contributed by atoms with Gasteiger partial charge in [0.15, 0.2) is 6.19 Å². The summed E-state index contributed by atoms with van der Waals surface area (Å²) in [6.07, 6.45) is 7.87. The number of likely N-dealkylation sites (tertiary alicyclic amines) is 2. The summed E-state index contributed by atoms with van der Waals surface area (Å²) in [6.45, 7) is 2.18. The summed E-state index contributed by atoms with van der Waals surface area (Å²) in [6, 6.07) is 4.95. The first kappa shape index (κ1) is 20.7. The third kappa shape index (κ3) is 4.94. The summed E-state index contributed by atoms with van der Waals surface area (Å²) < 4.78 is 0. The predicted molar refractivity (Wildman–Crippen MR) is 116 cm³/mol. The van der Waals surface area contributed by atoms with Crippen molar-refractivity contribution in [1.29, 1.82) is 5.26 Å². The molecule has 31 heavy (non-hydrogen) atoms. The van der Waals surface area contributed by atoms with Crippen LogP contribution in [0.3, 0.4) is 0 Å². The maximum atomic E-state index is 13.1. The Bertz CT molecular complexity index is 1020. The molecule has 1 aromatic carbocycles. The van der Waals surface area contributed by atoms with E-state index >= 15 is 0 Å². The molecule has 2 amide bonds. The van der Waals surface area contributed by atoms with Gasteiger partial charge in [-0.05, 0) is 50.3 Å². The zero-order chi connectivity index (χ0) is 21.6. The van der Waals surface area contributed by atoms with Gasteiger partial charge in [-0.3, -0.25) is 20.0 Å². The number of aliphatic imine (C=N–C) groups is 1. The zero-order valence-electron chi connectivity index (χ0n) is 17.3. The van der Waals surface area contributed by atoms with Gasteiger partial charge in [-0.25, -0.2) is 4.99 Å². The number of rotatable bonds is 4. The number of nitrogens with one attached hydrogen (secondary N) is 3. The summed E-state index contributed by atoms with van der Waals surface area (Å²) in [5.41, 5.74) is 1.55. The highest BCUT2D eigenvalue weighted by molar-refractivity contribution is 5.98. The number of nitriles is 1. The van der Waals surface area contributed by atoms with Gasteiger partial charge in [0.1, 0.15) is 6.04 Å². The molecule has 10 nitrogen and oxygen atoms in total. The van der Waals surface area contributed by atoms with Crippen molar-refractivity contribution >= 4 is 34.4 Å². The number of benzene rings is 1. The molecule has 0 spiro atoms. The van der Waals surface area contributed by atoms with Gasteiger partial charge < -0.3 is 15.1 Å². The molecule has 2 aromatic rings. The van der Waals surface area contributed by atoms with Gasteiger partial charge >= 0.3 is 0 Å². The van der Waals surface area contributed by atoms with E-state index in [-0.39, 0.29) is 24.3 Å². The molecule has 10 heteroatoms. The van der Waals surface area contributed by atoms with E-state index < -0.39 is 6.04 Å². The minimum absolute atomic E-state index is 0.00293. The zero-order valence-corrected chi connectivity index (χ0v) is 17.3. The lowest BCUT2D eigenvalue weighted by atomic mass is 10.1. The van der Waals surface area contributed by atoms with Crippen molar-refractivity contribution in [2.24, 2.45) is 4.99 Å². The van der Waals surface area contributed by atoms with Gasteiger partial charge in [0.25, 0.3) is 0 Å². The van der Waals surface area contributed by atoms with Crippen molar-refractivity contribution in [1.82, 2.24) is 25.3 Å². The smallest absolute Gasteiger partial charge is 0.247 e. The van der Waals surface area contributed by atoms with E-state index in [1.807, 2.05) is 29.3 Å². The van der Waals surface area contributed by atoms with Gasteiger partial charge in [-0.1, -0.05) is 0 Å². The lowest BCUT2D eigenvalue weighted by molar-refractivity contribution is -0.140. The van der Waals surface area contributed by atoms with Crippen molar-refractivity contribution in [3.05, 3.63) is 24.4 Å². The van der Waals surface area contributed by atoms with Gasteiger partial charge in [0.2, 0.25) is 17.8 Å². The number of fused-ring (bicyclic) bond motifs is 1. The SMILES string of the molecule is N#CNC(=NC1CCCCN(CC(=O)N2CCCC2)C1=O)Nc1ccc2cn[nH]c2c1. The molecule has 2 saturated heterocycles. The van der Waals surface area contributed by atoms with Crippen LogP contribution >= 0.6 is 0 Å². The minimum atomic E-state index is -0.645. The lowest BCUT2D eigenvalue weighted by Gasteiger charge is -2.25. The Labute approximate surface area is 180 Å². The topological polar surface area (TPSA) is 130 Å². The molecule has 0 bridgehead atoms. The van der Waals surface area contributed by atoms with E-state index in [1.165, 1.54) is 0 Å². The largest absolute Gasteiger partial charge is 0.341 e. The van der Waals surface area contributed by atoms with Crippen LogP contribution < -0.4 is 10.6 Å². The standard InChI is InChI=1S/C21H26N8O2/c22-14-23-21(25-16-7-6-15-12-24-27-18(15)11-16)26-17-5-1-2-10-29(20(17)31)13-19(30)28-8-3-4-9-28/h6-7,11-12,17H,1-5,8-10,13H2,(H,24,27)(H2,23,25,26). The highest BCUT2D eigenvalue weighted by atomic mass is 16.2. The first-order valence-corrected chi connectivity index (χ1v) is 10.6. The van der Waals surface area contributed by atoms with Crippen molar-refractivity contribution in [3.8, 4) is 6.19 Å². The number of carbonyl (C=O) groups is 2. The number of aromatic amines is 1. The Morgan fingerprint density at radius 3 is 2.87 bits per heavy atom. The highest BCUT2D eigenvalue weighted by Crippen LogP contribution is 2.19. The number of anilines is 1. The molecule has 0 aliphatic carbocycles. The molecule has 1 atom stereocenters. The summed E-state index contributed by atoms with van der Waals surface area (Å²) in [4.78, 5) is 33.6. The number of amides is 2. The number of guanidine groups is 1. The van der Waals surface area contributed by atoms with E-state index in [0.717, 1.165) is 49.7 Å². The molecule has 3 N–H and O–H groups in total. The van der Waals surface area contributed by atoms with Crippen molar-refractivity contribution in [3.63, 3.8) is 0 Å². The van der Waals surface area contributed by atoms with Crippen LogP contribution in [0.4, 0.5) is 5.69 Å². The molecular weight excluding hydrogens is 396 g/mol. The number of carbonyl (C=O) groups excluding carboxylic acids is 2. The Balaban J connectivity index is 1.48. The molecule has 162 valence electrons. The second-order valence-electron chi connectivity index (χ2n) is 7.87. The number of aromatic nitrogens is 2. The molecule has 4 rings (SSSR count). The molecule has 0 radical (unpaired) electrons. The van der Waals surface area contributed by atoms with Crippen LogP contribution in [0.25, 0.3) is 10.9 Å². The van der Waals surface area contributed by atoms with Crippen molar-refractivity contribution in [2.75, 3.05) is 31.5 Å². The van der Waals surface area contributed by atoms with Gasteiger partial charge in [-0.2, -0.15) is 10.4 Å². The van der Waals surface area contributed by atoms with Crippen LogP contribution in [0, 0.1) is 11.5 Å². The molecule has 2 aliphatic heterocycles. The van der Waals surface area contributed by atoms with Crippen molar-refractivity contribution in [2.45, 2.75) is 38.1 Å². The van der Waals surface area contributed by atoms with E-state index in [1.54, 1.807) is 11.1 Å². The molecule has 2 aliphatic rings. The first-order chi connectivity index (χ1) is 15.1. The van der Waals surface area contributed by atoms with Gasteiger partial charge in [0.05, 0.1) is 18.3 Å². The Morgan fingerprint density at radius 2 is 2.06 bits per heavy atom. The van der Waals surface area contributed by atoms with E-state index in [0.29, 0.717) is 18.7 Å². The van der Waals surface area contributed by atoms with Gasteiger partial charge in [0, 0.05) is 30.7 Å². The average molecular weight is 422 g/mol. The Hall–Kier alpha value is -3.61. The molecule has 0 saturated carbocycles. The molecule has 2 fully saturated rings. The monoisotopic (exact) mass is 422 g/mol. The summed E-state index contributed by atoms with van der Waals surface area (Å²) >= 11 is 0. The maximum Gasteiger partial charge on any atom is 0.247 e. The number of hydrogen-bond donors (Lipinski definition) is 3. The summed E-state index contributed by atoms with van der Waals surface area (Å²) in [5, 5.41) is 22.6. The van der Waals surface area contributed by atoms with E-state index in [9.17, 15) is 9.59 Å². The third-order valence-corrected chi connectivity index (χ3v) is 5.70. The Kier molecular flexibility index (Phi) is 6.31. The normalized spacial score (nSPS) is 19.9. The summed E-state index contributed by atoms with van der Waals surface area (Å²) in [5.74, 6) is 0.0254. The Morgan fingerprint density at radius 1 is 1.26 bits per heavy atom. The number of hydrogen-bond acceptors (Lipinski definition) is 5. The van der Waals surface area contributed by atoms with Crippen LogP contribution in [0.15, 0.2) is 29.4 Å². The fraction of sp³-hybridized carbons (Fsp3) is 0.476. The van der Waals surface area contributed by atoms with Crippen LogP contribution in [0.1, 0.15) is 32.1 Å². The van der Waals surface area contributed by atoms with Crippen LogP contribution in [0.5, 0.6) is 0 Å². The number of nitrogens with zero attached hydrogens (tertiary/aromatic N) is 5. The van der Waals surface area contributed by atoms with Crippen LogP contribution in [-0.2, 0) is 9.59 Å². The maximum absolute atomic E-state index is 13.1. The fourth-order valence-corrected chi connectivity index (χ4v) is 4.05. The minimum Gasteiger partial charge on any atom is -0.341 e. The van der Waals surface area contributed by atoms with Crippen molar-refractivity contribution < 1.29 is 9.59 Å². The molecule has 1 aromatic heterocycles. The number of H-pyrrole nitrogens is 1. The third-order valence-electron chi connectivity index (χ3n) is 5.70. The lowest BCUT2D eigenvalue weighted by Crippen LogP contribution is -2.45. The average Bonchev–Trinajstić information content (AvgIpc) is 3.43. The second-order valence-corrected chi connectivity index (χ2v) is 7.87. The molecule has 3 heterocycles. The van der Waals surface area contributed by atoms with Gasteiger partial charge in [-0.15, -0.1) is 0 Å². The van der Waals surface area contributed by atoms with E-state index in [4.69, 9.17) is 5.26 Å². The first-order valence-electron chi connectivity index (χ1n) is 10.6. The predicted octanol–water partition coefficient (Wildman–Crippen LogP) is 1.40. The van der Waals surface area contributed by atoms with Crippen LogP contribution in [0.2, 0.25) is 0 Å². The molecular formula is C21H26N8O2. The van der Waals surface area contributed by atoms with E-state index in [2.05, 4.69) is 25.8 Å². The fourth-order valence-electron chi connectivity index (χ4n) is 4.05. The highest BCUT2D eigenvalue weighted by Gasteiger charge is 2.30. The van der Waals surface area contributed by atoms with Crippen LogP contribution in [-0.4, -0.2) is 70.0 Å². The molecule has 1 unspecified atom stereocenters.